The number of imide groups is 3. The van der Waals surface area contributed by atoms with E-state index in [2.05, 4.69) is 0 Å². The molecular weight excluding hydrogens is 216 g/mol. The summed E-state index contributed by atoms with van der Waals surface area (Å²) in [7, 11) is 0. The molecule has 0 fully saturated rings. The molecule has 0 aliphatic carbocycles. The molecule has 0 aromatic rings. The summed E-state index contributed by atoms with van der Waals surface area (Å²) < 4.78 is 0. The van der Waals surface area contributed by atoms with Gasteiger partial charge >= 0.3 is 5.97 Å². The molecule has 0 bridgehead atoms. The topological polar surface area (TPSA) is 118 Å². The van der Waals surface area contributed by atoms with Crippen LogP contribution in [0.1, 0.15) is 26.7 Å². The number of nitrogens with zero attached hydrogens (tertiary/aromatic N) is 1. The number of hydrogen-bond donors (Lipinski definition) is 2. The smallest absolute Gasteiger partial charge is 0.303 e. The minimum absolute atomic E-state index is 0.120. The monoisotopic (exact) mass is 230 g/mol. The summed E-state index contributed by atoms with van der Waals surface area (Å²) in [5, 5.41) is 8.39. The van der Waals surface area contributed by atoms with Crippen LogP contribution in [0.4, 0.5) is 0 Å². The third-order valence-corrected chi connectivity index (χ3v) is 1.84. The van der Waals surface area contributed by atoms with E-state index in [1.54, 1.807) is 0 Å². The summed E-state index contributed by atoms with van der Waals surface area (Å²) >= 11 is 0. The van der Waals surface area contributed by atoms with E-state index < -0.39 is 29.7 Å². The number of aliphatic carboxylic acids is 1. The van der Waals surface area contributed by atoms with Gasteiger partial charge in [0.2, 0.25) is 11.8 Å². The maximum Gasteiger partial charge on any atom is 0.303 e. The number of carbonyl (C=O) groups excluding carboxylic acids is 3. The molecule has 16 heavy (non-hydrogen) atoms. The SMILES string of the molecule is CC(=O)N(C(C)=O)C(=O)[C@@H](N)CCC(=O)O. The first-order valence-corrected chi connectivity index (χ1v) is 4.59. The zero-order valence-corrected chi connectivity index (χ0v) is 9.10. The fraction of sp³-hybridized carbons (Fsp3) is 0.556. The van der Waals surface area contributed by atoms with Gasteiger partial charge in [0.25, 0.3) is 5.91 Å². The van der Waals surface area contributed by atoms with Crippen LogP contribution < -0.4 is 5.73 Å². The van der Waals surface area contributed by atoms with Gasteiger partial charge in [-0.15, -0.1) is 0 Å². The molecule has 3 N–H and O–H groups in total. The molecule has 0 spiro atoms. The number of carbonyl (C=O) groups is 4. The van der Waals surface area contributed by atoms with Crippen molar-refractivity contribution in [3.8, 4) is 0 Å². The molecule has 0 heterocycles. The van der Waals surface area contributed by atoms with Crippen LogP contribution in [0.5, 0.6) is 0 Å². The highest BCUT2D eigenvalue weighted by molar-refractivity contribution is 6.10. The zero-order chi connectivity index (χ0) is 12.9. The Bertz CT molecular complexity index is 312. The number of nitrogens with two attached hydrogens (primary N) is 1. The molecule has 0 saturated heterocycles. The zero-order valence-electron chi connectivity index (χ0n) is 9.10. The molecule has 0 aromatic carbocycles. The Balaban J connectivity index is 4.56. The molecule has 7 heteroatoms. The lowest BCUT2D eigenvalue weighted by molar-refractivity contribution is -0.152. The van der Waals surface area contributed by atoms with E-state index >= 15 is 0 Å². The Labute approximate surface area is 92.2 Å². The molecule has 0 radical (unpaired) electrons. The van der Waals surface area contributed by atoms with Crippen molar-refractivity contribution < 1.29 is 24.3 Å². The Morgan fingerprint density at radius 1 is 1.19 bits per heavy atom. The number of carboxylic acids is 1. The van der Waals surface area contributed by atoms with Gasteiger partial charge < -0.3 is 10.8 Å². The van der Waals surface area contributed by atoms with Crippen LogP contribution in [0.2, 0.25) is 0 Å². The normalized spacial score (nSPS) is 11.7. The standard InChI is InChI=1S/C9H14N2O5/c1-5(12)11(6(2)13)9(16)7(10)3-4-8(14)15/h7H,3-4,10H2,1-2H3,(H,14,15)/t7-/m0/s1. The lowest BCUT2D eigenvalue weighted by atomic mass is 10.1. The van der Waals surface area contributed by atoms with Crippen LogP contribution in [0.3, 0.4) is 0 Å². The average Bonchev–Trinajstić information content (AvgIpc) is 2.12. The van der Waals surface area contributed by atoms with E-state index in [1.807, 2.05) is 0 Å². The van der Waals surface area contributed by atoms with Crippen molar-refractivity contribution in [1.82, 2.24) is 4.90 Å². The van der Waals surface area contributed by atoms with Crippen LogP contribution in [-0.4, -0.2) is 39.7 Å². The molecule has 0 aromatic heterocycles. The lowest BCUT2D eigenvalue weighted by Gasteiger charge is -2.18. The molecule has 0 aliphatic heterocycles. The Hall–Kier alpha value is -1.76. The van der Waals surface area contributed by atoms with Gasteiger partial charge in [-0.2, -0.15) is 0 Å². The second-order valence-corrected chi connectivity index (χ2v) is 3.25. The second-order valence-electron chi connectivity index (χ2n) is 3.25. The minimum Gasteiger partial charge on any atom is -0.481 e. The minimum atomic E-state index is -1.16. The maximum atomic E-state index is 11.5. The van der Waals surface area contributed by atoms with Crippen LogP contribution in [0.25, 0.3) is 0 Å². The van der Waals surface area contributed by atoms with E-state index in [1.165, 1.54) is 0 Å². The molecule has 7 nitrogen and oxygen atoms in total. The van der Waals surface area contributed by atoms with Gasteiger partial charge in [-0.1, -0.05) is 0 Å². The number of amides is 3. The highest BCUT2D eigenvalue weighted by atomic mass is 16.4. The first-order chi connectivity index (χ1) is 7.27. The van der Waals surface area contributed by atoms with E-state index in [4.69, 9.17) is 10.8 Å². The molecular formula is C9H14N2O5. The first kappa shape index (κ1) is 14.2. The summed E-state index contributed by atoms with van der Waals surface area (Å²) in [6.45, 7) is 2.12. The highest BCUT2D eigenvalue weighted by Gasteiger charge is 2.27. The Morgan fingerprint density at radius 2 is 1.62 bits per heavy atom. The molecule has 90 valence electrons. The number of hydrogen-bond acceptors (Lipinski definition) is 5. The van der Waals surface area contributed by atoms with E-state index in [9.17, 15) is 19.2 Å². The van der Waals surface area contributed by atoms with Gasteiger partial charge in [0, 0.05) is 20.3 Å². The largest absolute Gasteiger partial charge is 0.481 e. The van der Waals surface area contributed by atoms with Crippen molar-refractivity contribution in [1.29, 1.82) is 0 Å². The van der Waals surface area contributed by atoms with Gasteiger partial charge in [0.15, 0.2) is 0 Å². The van der Waals surface area contributed by atoms with Crippen molar-refractivity contribution in [2.24, 2.45) is 5.73 Å². The van der Waals surface area contributed by atoms with Crippen LogP contribution in [-0.2, 0) is 19.2 Å². The Morgan fingerprint density at radius 3 is 1.94 bits per heavy atom. The summed E-state index contributed by atoms with van der Waals surface area (Å²) in [5.74, 6) is -3.44. The van der Waals surface area contributed by atoms with Crippen molar-refractivity contribution in [2.45, 2.75) is 32.7 Å². The molecule has 0 aliphatic rings. The number of carboxylic acid groups (broad SMARTS) is 1. The first-order valence-electron chi connectivity index (χ1n) is 4.59. The number of rotatable bonds is 4. The molecule has 0 saturated carbocycles. The Kier molecular flexibility index (Phi) is 5.31. The highest BCUT2D eigenvalue weighted by Crippen LogP contribution is 2.02. The van der Waals surface area contributed by atoms with E-state index in [0.717, 1.165) is 13.8 Å². The van der Waals surface area contributed by atoms with Crippen LogP contribution in [0, 0.1) is 0 Å². The van der Waals surface area contributed by atoms with Gasteiger partial charge in [0.1, 0.15) is 0 Å². The third-order valence-electron chi connectivity index (χ3n) is 1.84. The lowest BCUT2D eigenvalue weighted by Crippen LogP contribution is -2.48. The predicted octanol–water partition coefficient (Wildman–Crippen LogP) is -0.900. The van der Waals surface area contributed by atoms with Gasteiger partial charge in [0.05, 0.1) is 6.04 Å². The quantitative estimate of drug-likeness (QED) is 0.646. The van der Waals surface area contributed by atoms with Crippen LogP contribution in [0.15, 0.2) is 0 Å². The van der Waals surface area contributed by atoms with Gasteiger partial charge in [-0.3, -0.25) is 19.2 Å². The molecule has 3 amide bonds. The summed E-state index contributed by atoms with van der Waals surface area (Å²) in [5.41, 5.74) is 5.38. The van der Waals surface area contributed by atoms with Crippen molar-refractivity contribution >= 4 is 23.7 Å². The van der Waals surface area contributed by atoms with Crippen LogP contribution >= 0.6 is 0 Å². The second kappa shape index (κ2) is 5.96. The summed E-state index contributed by atoms with van der Waals surface area (Å²) in [4.78, 5) is 44.1. The third kappa shape index (κ3) is 4.18. The summed E-state index contributed by atoms with van der Waals surface area (Å²) in [6, 6.07) is -1.16. The van der Waals surface area contributed by atoms with E-state index in [0.29, 0.717) is 4.90 Å². The van der Waals surface area contributed by atoms with E-state index in [-0.39, 0.29) is 12.8 Å². The summed E-state index contributed by atoms with van der Waals surface area (Å²) in [6.07, 6.45) is -0.415. The van der Waals surface area contributed by atoms with Gasteiger partial charge in [-0.25, -0.2) is 4.90 Å². The van der Waals surface area contributed by atoms with Crippen molar-refractivity contribution in [3.05, 3.63) is 0 Å². The van der Waals surface area contributed by atoms with Crippen molar-refractivity contribution in [2.75, 3.05) is 0 Å². The molecule has 0 unspecified atom stereocenters. The fourth-order valence-electron chi connectivity index (χ4n) is 1.10. The van der Waals surface area contributed by atoms with Gasteiger partial charge in [-0.05, 0) is 6.42 Å². The molecule has 0 rings (SSSR count). The average molecular weight is 230 g/mol. The fourth-order valence-corrected chi connectivity index (χ4v) is 1.10. The molecule has 1 atom stereocenters. The maximum absolute atomic E-state index is 11.5. The van der Waals surface area contributed by atoms with Crippen molar-refractivity contribution in [3.63, 3.8) is 0 Å². The predicted molar refractivity (Wildman–Crippen MR) is 53.1 cm³/mol.